The van der Waals surface area contributed by atoms with Gasteiger partial charge in [0.1, 0.15) is 5.75 Å². The molecule has 1 aromatic carbocycles. The molecule has 1 aromatic rings. The van der Waals surface area contributed by atoms with Crippen LogP contribution in [0.1, 0.15) is 32.3 Å². The zero-order valence-corrected chi connectivity index (χ0v) is 12.9. The highest BCUT2D eigenvalue weighted by Gasteiger charge is 2.33. The molecule has 20 heavy (non-hydrogen) atoms. The molecule has 2 rings (SSSR count). The zero-order chi connectivity index (χ0) is 14.4. The van der Waals surface area contributed by atoms with Crippen LogP contribution in [0.4, 0.5) is 0 Å². The average Bonchev–Trinajstić information content (AvgIpc) is 2.95. The highest BCUT2D eigenvalue weighted by Crippen LogP contribution is 2.30. The molecule has 0 saturated carbocycles. The molecule has 0 aliphatic carbocycles. The molecule has 0 bridgehead atoms. The van der Waals surface area contributed by atoms with E-state index < -0.39 is 0 Å². The summed E-state index contributed by atoms with van der Waals surface area (Å²) in [5.41, 5.74) is 1.28. The van der Waals surface area contributed by atoms with Crippen LogP contribution < -0.4 is 10.1 Å². The van der Waals surface area contributed by atoms with Crippen molar-refractivity contribution < 1.29 is 9.47 Å². The number of hydrogen-bond donors (Lipinski definition) is 1. The lowest BCUT2D eigenvalue weighted by Crippen LogP contribution is -2.41. The third-order valence-corrected chi connectivity index (χ3v) is 4.28. The maximum atomic E-state index is 5.87. The Hall–Kier alpha value is -1.06. The summed E-state index contributed by atoms with van der Waals surface area (Å²) in [7, 11) is 1.74. The summed E-state index contributed by atoms with van der Waals surface area (Å²) in [4.78, 5) is 0. The summed E-state index contributed by atoms with van der Waals surface area (Å²) in [6, 6.07) is 8.78. The minimum Gasteiger partial charge on any atom is -0.496 e. The van der Waals surface area contributed by atoms with E-state index >= 15 is 0 Å². The Kier molecular flexibility index (Phi) is 5.86. The van der Waals surface area contributed by atoms with Crippen molar-refractivity contribution in [2.24, 2.45) is 5.92 Å². The molecule has 1 saturated heterocycles. The van der Waals surface area contributed by atoms with Crippen molar-refractivity contribution in [3.05, 3.63) is 29.8 Å². The molecule has 1 fully saturated rings. The predicted octanol–water partition coefficient (Wildman–Crippen LogP) is 3.03. The third-order valence-electron chi connectivity index (χ3n) is 4.28. The molecule has 1 aliphatic rings. The first-order valence-electron chi connectivity index (χ1n) is 7.77. The molecule has 3 atom stereocenters. The van der Waals surface area contributed by atoms with Gasteiger partial charge in [0, 0.05) is 18.6 Å². The number of para-hydroxylation sites is 1. The van der Waals surface area contributed by atoms with Crippen LogP contribution >= 0.6 is 0 Å². The van der Waals surface area contributed by atoms with E-state index in [1.807, 2.05) is 12.1 Å². The first-order valence-corrected chi connectivity index (χ1v) is 7.77. The van der Waals surface area contributed by atoms with Crippen LogP contribution in [0.2, 0.25) is 0 Å². The third kappa shape index (κ3) is 3.53. The summed E-state index contributed by atoms with van der Waals surface area (Å²) >= 11 is 0. The Morgan fingerprint density at radius 3 is 2.85 bits per heavy atom. The van der Waals surface area contributed by atoms with Crippen molar-refractivity contribution in [1.82, 2.24) is 5.32 Å². The first kappa shape index (κ1) is 15.3. The van der Waals surface area contributed by atoms with E-state index in [9.17, 15) is 0 Å². The number of nitrogens with one attached hydrogen (secondary N) is 1. The first-order chi connectivity index (χ1) is 9.80. The molecular formula is C17H27NO2. The number of benzene rings is 1. The molecule has 112 valence electrons. The standard InChI is InChI=1S/C17H27NO2/c1-4-16-14(10-11-20-16)15(18-5-2)12-13-8-6-7-9-17(13)19-3/h6-9,14-16,18H,4-5,10-12H2,1-3H3. The molecule has 0 radical (unpaired) electrons. The van der Waals surface area contributed by atoms with Crippen LogP contribution in [0, 0.1) is 5.92 Å². The Balaban J connectivity index is 2.12. The van der Waals surface area contributed by atoms with Crippen LogP contribution in [0.3, 0.4) is 0 Å². The fourth-order valence-electron chi connectivity index (χ4n) is 3.29. The molecular weight excluding hydrogens is 250 g/mol. The average molecular weight is 277 g/mol. The molecule has 1 aliphatic heterocycles. The van der Waals surface area contributed by atoms with Crippen molar-refractivity contribution >= 4 is 0 Å². The summed E-state index contributed by atoms with van der Waals surface area (Å²) in [5, 5.41) is 3.65. The second-order valence-corrected chi connectivity index (χ2v) is 5.45. The SMILES string of the molecule is CCNC(Cc1ccccc1OC)C1CCOC1CC. The van der Waals surface area contributed by atoms with E-state index in [1.54, 1.807) is 7.11 Å². The largest absolute Gasteiger partial charge is 0.496 e. The lowest BCUT2D eigenvalue weighted by atomic mass is 9.87. The van der Waals surface area contributed by atoms with Gasteiger partial charge in [0.2, 0.25) is 0 Å². The van der Waals surface area contributed by atoms with Gasteiger partial charge in [0.05, 0.1) is 13.2 Å². The van der Waals surface area contributed by atoms with Crippen molar-refractivity contribution in [3.63, 3.8) is 0 Å². The van der Waals surface area contributed by atoms with Crippen LogP contribution in [0.15, 0.2) is 24.3 Å². The molecule has 0 spiro atoms. The van der Waals surface area contributed by atoms with E-state index in [4.69, 9.17) is 9.47 Å². The summed E-state index contributed by atoms with van der Waals surface area (Å²) in [6.45, 7) is 6.28. The maximum absolute atomic E-state index is 5.87. The molecule has 3 nitrogen and oxygen atoms in total. The number of rotatable bonds is 7. The minimum absolute atomic E-state index is 0.397. The van der Waals surface area contributed by atoms with E-state index in [0.717, 1.165) is 38.2 Å². The van der Waals surface area contributed by atoms with Gasteiger partial charge in [-0.05, 0) is 37.4 Å². The predicted molar refractivity (Wildman–Crippen MR) is 82.3 cm³/mol. The molecule has 3 unspecified atom stereocenters. The van der Waals surface area contributed by atoms with Gasteiger partial charge in [-0.2, -0.15) is 0 Å². The Labute approximate surface area is 122 Å². The number of ether oxygens (including phenoxy) is 2. The highest BCUT2D eigenvalue weighted by atomic mass is 16.5. The Morgan fingerprint density at radius 2 is 2.15 bits per heavy atom. The fourth-order valence-corrected chi connectivity index (χ4v) is 3.29. The number of likely N-dealkylation sites (N-methyl/N-ethyl adjacent to an activating group) is 1. The normalized spacial score (nSPS) is 23.8. The quantitative estimate of drug-likeness (QED) is 0.831. The van der Waals surface area contributed by atoms with Crippen molar-refractivity contribution in [3.8, 4) is 5.75 Å². The van der Waals surface area contributed by atoms with Gasteiger partial charge in [0.15, 0.2) is 0 Å². The van der Waals surface area contributed by atoms with Gasteiger partial charge in [-0.1, -0.05) is 32.0 Å². The van der Waals surface area contributed by atoms with E-state index in [1.165, 1.54) is 5.56 Å². The summed E-state index contributed by atoms with van der Waals surface area (Å²) < 4.78 is 11.3. The molecule has 3 heteroatoms. The highest BCUT2D eigenvalue weighted by molar-refractivity contribution is 5.34. The number of hydrogen-bond acceptors (Lipinski definition) is 3. The van der Waals surface area contributed by atoms with Gasteiger partial charge in [0.25, 0.3) is 0 Å². The maximum Gasteiger partial charge on any atom is 0.122 e. The van der Waals surface area contributed by atoms with Crippen molar-refractivity contribution in [2.45, 2.75) is 45.3 Å². The van der Waals surface area contributed by atoms with Crippen molar-refractivity contribution in [1.29, 1.82) is 0 Å². The smallest absolute Gasteiger partial charge is 0.122 e. The lowest BCUT2D eigenvalue weighted by Gasteiger charge is -2.28. The van der Waals surface area contributed by atoms with E-state index in [0.29, 0.717) is 18.1 Å². The fraction of sp³-hybridized carbons (Fsp3) is 0.647. The zero-order valence-electron chi connectivity index (χ0n) is 12.9. The second kappa shape index (κ2) is 7.65. The molecule has 1 N–H and O–H groups in total. The van der Waals surface area contributed by atoms with Gasteiger partial charge in [-0.3, -0.25) is 0 Å². The molecule has 1 heterocycles. The minimum atomic E-state index is 0.397. The Morgan fingerprint density at radius 1 is 1.35 bits per heavy atom. The van der Waals surface area contributed by atoms with Crippen molar-refractivity contribution in [2.75, 3.05) is 20.3 Å². The lowest BCUT2D eigenvalue weighted by molar-refractivity contribution is 0.0776. The summed E-state index contributed by atoms with van der Waals surface area (Å²) in [5.74, 6) is 1.59. The van der Waals surface area contributed by atoms with Gasteiger partial charge in [-0.15, -0.1) is 0 Å². The number of methoxy groups -OCH3 is 1. The monoisotopic (exact) mass is 277 g/mol. The van der Waals surface area contributed by atoms with Gasteiger partial charge in [-0.25, -0.2) is 0 Å². The van der Waals surface area contributed by atoms with E-state index in [2.05, 4.69) is 31.3 Å². The summed E-state index contributed by atoms with van der Waals surface area (Å²) in [6.07, 6.45) is 3.65. The second-order valence-electron chi connectivity index (χ2n) is 5.45. The van der Waals surface area contributed by atoms with Crippen LogP contribution in [0.5, 0.6) is 5.75 Å². The van der Waals surface area contributed by atoms with Crippen LogP contribution in [0.25, 0.3) is 0 Å². The van der Waals surface area contributed by atoms with Gasteiger partial charge < -0.3 is 14.8 Å². The van der Waals surface area contributed by atoms with Gasteiger partial charge >= 0.3 is 0 Å². The topological polar surface area (TPSA) is 30.5 Å². The Bertz CT molecular complexity index is 408. The molecule has 0 aromatic heterocycles. The van der Waals surface area contributed by atoms with Crippen LogP contribution in [-0.2, 0) is 11.2 Å². The van der Waals surface area contributed by atoms with Crippen LogP contribution in [-0.4, -0.2) is 32.4 Å². The van der Waals surface area contributed by atoms with E-state index in [-0.39, 0.29) is 0 Å². The molecule has 0 amide bonds.